The molecule has 0 bridgehead atoms. The number of carbonyl (C=O) groups is 1. The molecule has 1 aromatic rings. The van der Waals surface area contributed by atoms with Gasteiger partial charge in [-0.25, -0.2) is 4.72 Å². The van der Waals surface area contributed by atoms with Gasteiger partial charge in [0.25, 0.3) is 0 Å². The molecule has 0 saturated heterocycles. The zero-order valence-electron chi connectivity index (χ0n) is 7.23. The van der Waals surface area contributed by atoms with Gasteiger partial charge in [0.1, 0.15) is 0 Å². The van der Waals surface area contributed by atoms with Crippen molar-refractivity contribution < 1.29 is 13.6 Å². The van der Waals surface area contributed by atoms with Crippen molar-refractivity contribution in [1.29, 1.82) is 0 Å². The van der Waals surface area contributed by atoms with E-state index in [0.29, 0.717) is 11.1 Å². The van der Waals surface area contributed by atoms with Crippen molar-refractivity contribution in [3.05, 3.63) is 35.4 Å². The average molecular weight is 213 g/mol. The molecule has 0 fully saturated rings. The lowest BCUT2D eigenvalue weighted by Gasteiger charge is -2.07. The van der Waals surface area contributed by atoms with Gasteiger partial charge < -0.3 is 10.3 Å². The normalized spacial score (nSPS) is 12.4. The van der Waals surface area contributed by atoms with E-state index < -0.39 is 17.2 Å². The van der Waals surface area contributed by atoms with E-state index in [0.717, 1.165) is 0 Å². The van der Waals surface area contributed by atoms with Crippen molar-refractivity contribution in [2.75, 3.05) is 0 Å². The van der Waals surface area contributed by atoms with Crippen molar-refractivity contribution in [3.63, 3.8) is 0 Å². The molecule has 76 valence electrons. The van der Waals surface area contributed by atoms with E-state index in [9.17, 15) is 13.6 Å². The molecule has 0 aliphatic rings. The second-order valence-corrected chi connectivity index (χ2v) is 3.38. The summed E-state index contributed by atoms with van der Waals surface area (Å²) in [4.78, 5) is 10.8. The first-order valence-corrected chi connectivity index (χ1v) is 4.88. The third-order valence-corrected chi connectivity index (χ3v) is 1.99. The summed E-state index contributed by atoms with van der Waals surface area (Å²) in [6, 6.07) is 6.46. The van der Waals surface area contributed by atoms with Crippen molar-refractivity contribution in [3.8, 4) is 0 Å². The molecule has 14 heavy (non-hydrogen) atoms. The van der Waals surface area contributed by atoms with Crippen LogP contribution in [0.25, 0.3) is 0 Å². The van der Waals surface area contributed by atoms with Gasteiger partial charge in [-0.3, -0.25) is 9.00 Å². The molecule has 0 aliphatic heterocycles. The van der Waals surface area contributed by atoms with Crippen LogP contribution >= 0.6 is 0 Å². The van der Waals surface area contributed by atoms with Crippen LogP contribution in [0.15, 0.2) is 24.3 Å². The maximum absolute atomic E-state index is 10.8. The number of benzene rings is 1. The molecule has 0 saturated carbocycles. The molecule has 1 aromatic carbocycles. The second-order valence-electron chi connectivity index (χ2n) is 2.62. The number of hydrogen-bond donors (Lipinski definition) is 2. The van der Waals surface area contributed by atoms with Crippen LogP contribution in [0.1, 0.15) is 15.9 Å². The first kappa shape index (κ1) is 10.8. The quantitative estimate of drug-likeness (QED) is 0.670. The standard InChI is InChI=1S/C8H10N2O3S/c9-8(11)7-3-1-2-6(4-7)5-10-14(12)13/h1-4,10H,5H2,(H2,9,11)(H,12,13)/p-1. The Morgan fingerprint density at radius 3 is 2.86 bits per heavy atom. The highest BCUT2D eigenvalue weighted by atomic mass is 32.2. The summed E-state index contributed by atoms with van der Waals surface area (Å²) in [5.41, 5.74) is 6.11. The van der Waals surface area contributed by atoms with E-state index in [-0.39, 0.29) is 6.54 Å². The smallest absolute Gasteiger partial charge is 0.248 e. The van der Waals surface area contributed by atoms with Crippen molar-refractivity contribution >= 4 is 17.2 Å². The summed E-state index contributed by atoms with van der Waals surface area (Å²) in [5, 5.41) is 0. The van der Waals surface area contributed by atoms with Gasteiger partial charge in [0.2, 0.25) is 5.91 Å². The van der Waals surface area contributed by atoms with Crippen molar-refractivity contribution in [2.24, 2.45) is 5.73 Å². The van der Waals surface area contributed by atoms with Crippen LogP contribution in [-0.2, 0) is 17.8 Å². The fraction of sp³-hybridized carbons (Fsp3) is 0.125. The molecular weight excluding hydrogens is 204 g/mol. The molecule has 1 rings (SSSR count). The highest BCUT2D eigenvalue weighted by Crippen LogP contribution is 2.04. The summed E-state index contributed by atoms with van der Waals surface area (Å²) >= 11 is -2.30. The van der Waals surface area contributed by atoms with Crippen LogP contribution in [0, 0.1) is 0 Å². The summed E-state index contributed by atoms with van der Waals surface area (Å²) in [6.45, 7) is 0.150. The van der Waals surface area contributed by atoms with Crippen LogP contribution < -0.4 is 10.5 Å². The third-order valence-electron chi connectivity index (χ3n) is 1.61. The molecule has 1 unspecified atom stereocenters. The Morgan fingerprint density at radius 2 is 2.29 bits per heavy atom. The third kappa shape index (κ3) is 3.25. The number of primary amides is 1. The molecule has 0 aromatic heterocycles. The summed E-state index contributed by atoms with van der Waals surface area (Å²) in [6.07, 6.45) is 0. The summed E-state index contributed by atoms with van der Waals surface area (Å²) in [5.74, 6) is -0.532. The Balaban J connectivity index is 2.73. The van der Waals surface area contributed by atoms with Gasteiger partial charge in [0, 0.05) is 23.4 Å². The van der Waals surface area contributed by atoms with Gasteiger partial charge in [-0.15, -0.1) is 0 Å². The van der Waals surface area contributed by atoms with E-state index in [4.69, 9.17) is 5.73 Å². The minimum atomic E-state index is -2.30. The van der Waals surface area contributed by atoms with Crippen LogP contribution in [-0.4, -0.2) is 14.7 Å². The van der Waals surface area contributed by atoms with E-state index in [2.05, 4.69) is 4.72 Å². The molecule has 0 heterocycles. The maximum Gasteiger partial charge on any atom is 0.248 e. The molecule has 6 heteroatoms. The zero-order valence-corrected chi connectivity index (χ0v) is 8.04. The second kappa shape index (κ2) is 4.85. The van der Waals surface area contributed by atoms with E-state index >= 15 is 0 Å². The van der Waals surface area contributed by atoms with Gasteiger partial charge in [-0.05, 0) is 17.7 Å². The predicted octanol–water partition coefficient (Wildman–Crippen LogP) is -0.331. The fourth-order valence-electron chi connectivity index (χ4n) is 0.977. The molecule has 0 aliphatic carbocycles. The number of nitrogens with one attached hydrogen (secondary N) is 1. The fourth-order valence-corrected chi connectivity index (χ4v) is 1.26. The zero-order chi connectivity index (χ0) is 10.6. The van der Waals surface area contributed by atoms with Crippen LogP contribution in [0.2, 0.25) is 0 Å². The Bertz CT molecular complexity index is 367. The van der Waals surface area contributed by atoms with Crippen LogP contribution in [0.5, 0.6) is 0 Å². The largest absolute Gasteiger partial charge is 0.760 e. The molecule has 0 radical (unpaired) electrons. The molecule has 5 nitrogen and oxygen atoms in total. The first-order chi connectivity index (χ1) is 6.59. The number of amides is 1. The van der Waals surface area contributed by atoms with E-state index in [1.165, 1.54) is 0 Å². The lowest BCUT2D eigenvalue weighted by Crippen LogP contribution is -2.16. The molecular formula is C8H9N2O3S-. The summed E-state index contributed by atoms with van der Waals surface area (Å²) < 4.78 is 22.6. The highest BCUT2D eigenvalue weighted by Gasteiger charge is 2.00. The van der Waals surface area contributed by atoms with Gasteiger partial charge in [0.05, 0.1) is 0 Å². The first-order valence-electron chi connectivity index (χ1n) is 3.81. The van der Waals surface area contributed by atoms with Gasteiger partial charge >= 0.3 is 0 Å². The molecule has 1 atom stereocenters. The SMILES string of the molecule is NC(=O)c1cccc(CNS(=O)[O-])c1. The Hall–Kier alpha value is -1.24. The maximum atomic E-state index is 10.8. The van der Waals surface area contributed by atoms with Crippen LogP contribution in [0.3, 0.4) is 0 Å². The topological polar surface area (TPSA) is 95.2 Å². The minimum Gasteiger partial charge on any atom is -0.760 e. The summed E-state index contributed by atoms with van der Waals surface area (Å²) in [7, 11) is 0. The number of hydrogen-bond acceptors (Lipinski definition) is 3. The minimum absolute atomic E-state index is 0.150. The lowest BCUT2D eigenvalue weighted by molar-refractivity contribution is 0.1000. The van der Waals surface area contributed by atoms with E-state index in [1.54, 1.807) is 24.3 Å². The number of nitrogens with two attached hydrogens (primary N) is 1. The Kier molecular flexibility index (Phi) is 3.75. The molecule has 0 spiro atoms. The van der Waals surface area contributed by atoms with E-state index in [1.807, 2.05) is 0 Å². The van der Waals surface area contributed by atoms with Gasteiger partial charge in [-0.1, -0.05) is 12.1 Å². The number of carbonyl (C=O) groups excluding carboxylic acids is 1. The van der Waals surface area contributed by atoms with Crippen LogP contribution in [0.4, 0.5) is 0 Å². The Morgan fingerprint density at radius 1 is 1.57 bits per heavy atom. The highest BCUT2D eigenvalue weighted by molar-refractivity contribution is 7.77. The number of rotatable bonds is 4. The predicted molar refractivity (Wildman–Crippen MR) is 50.7 cm³/mol. The monoisotopic (exact) mass is 213 g/mol. The van der Waals surface area contributed by atoms with Gasteiger partial charge in [-0.2, -0.15) is 0 Å². The molecule has 1 amide bonds. The molecule has 3 N–H and O–H groups in total. The Labute approximate surface area is 83.7 Å². The van der Waals surface area contributed by atoms with Crippen molar-refractivity contribution in [1.82, 2.24) is 4.72 Å². The van der Waals surface area contributed by atoms with Gasteiger partial charge in [0.15, 0.2) is 0 Å². The van der Waals surface area contributed by atoms with Crippen molar-refractivity contribution in [2.45, 2.75) is 6.54 Å². The lowest BCUT2D eigenvalue weighted by atomic mass is 10.1. The average Bonchev–Trinajstić information content (AvgIpc) is 2.15.